The Morgan fingerprint density at radius 3 is 2.50 bits per heavy atom. The van der Waals surface area contributed by atoms with Crippen molar-refractivity contribution in [3.63, 3.8) is 0 Å². The monoisotopic (exact) mass is 427 g/mol. The number of nitrogens with one attached hydrogen (secondary N) is 1. The lowest BCUT2D eigenvalue weighted by atomic mass is 10.1. The van der Waals surface area contributed by atoms with Crippen molar-refractivity contribution < 1.29 is 12.8 Å². The molecule has 1 N–H and O–H groups in total. The van der Waals surface area contributed by atoms with Crippen LogP contribution in [0.1, 0.15) is 51.1 Å². The zero-order valence-corrected chi connectivity index (χ0v) is 17.6. The van der Waals surface area contributed by atoms with E-state index in [4.69, 9.17) is 0 Å². The van der Waals surface area contributed by atoms with Crippen molar-refractivity contribution in [2.24, 2.45) is 0 Å². The van der Waals surface area contributed by atoms with Crippen molar-refractivity contribution in [3.8, 4) is 17.6 Å². The summed E-state index contributed by atoms with van der Waals surface area (Å²) < 4.78 is 43.2. The average Bonchev–Trinajstić information content (AvgIpc) is 3.32. The molecule has 1 fully saturated rings. The molecule has 0 atom stereocenters. The molecule has 1 saturated carbocycles. The van der Waals surface area contributed by atoms with Crippen LogP contribution < -0.4 is 4.72 Å². The number of benzene rings is 1. The van der Waals surface area contributed by atoms with E-state index < -0.39 is 10.0 Å². The van der Waals surface area contributed by atoms with Gasteiger partial charge in [-0.1, -0.05) is 12.8 Å². The average molecular weight is 428 g/mol. The molecule has 1 aliphatic carbocycles. The highest BCUT2D eigenvalue weighted by Crippen LogP contribution is 2.40. The van der Waals surface area contributed by atoms with Gasteiger partial charge >= 0.3 is 0 Å². The van der Waals surface area contributed by atoms with Gasteiger partial charge in [-0.05, 0) is 44.9 Å². The fourth-order valence-corrected chi connectivity index (χ4v) is 5.25. The molecular weight excluding hydrogens is 405 g/mol. The zero-order chi connectivity index (χ0) is 21.5. The van der Waals surface area contributed by atoms with E-state index in [1.54, 1.807) is 19.9 Å². The van der Waals surface area contributed by atoms with E-state index in [-0.39, 0.29) is 28.6 Å². The second kappa shape index (κ2) is 7.78. The van der Waals surface area contributed by atoms with Gasteiger partial charge in [0.1, 0.15) is 22.5 Å². The molecule has 3 aromatic rings. The summed E-state index contributed by atoms with van der Waals surface area (Å²) in [7, 11) is -3.73. The van der Waals surface area contributed by atoms with Crippen LogP contribution in [0, 0.1) is 17.1 Å². The van der Waals surface area contributed by atoms with E-state index in [0.717, 1.165) is 25.7 Å². The molecule has 2 heterocycles. The molecule has 1 aromatic carbocycles. The highest BCUT2D eigenvalue weighted by atomic mass is 32.2. The summed E-state index contributed by atoms with van der Waals surface area (Å²) in [6.45, 7) is 3.45. The van der Waals surface area contributed by atoms with Gasteiger partial charge in [-0.15, -0.1) is 0 Å². The van der Waals surface area contributed by atoms with Crippen LogP contribution in [0.4, 0.5) is 4.39 Å². The van der Waals surface area contributed by atoms with Gasteiger partial charge in [0.2, 0.25) is 10.0 Å². The number of nitriles is 1. The first-order valence-corrected chi connectivity index (χ1v) is 11.4. The number of hydrogen-bond acceptors (Lipinski definition) is 5. The molecule has 7 nitrogen and oxygen atoms in total. The van der Waals surface area contributed by atoms with Crippen LogP contribution in [0.5, 0.6) is 0 Å². The Morgan fingerprint density at radius 1 is 1.23 bits per heavy atom. The van der Waals surface area contributed by atoms with Crippen LogP contribution in [0.2, 0.25) is 0 Å². The molecule has 30 heavy (non-hydrogen) atoms. The number of nitrogens with zero attached hydrogens (tertiary/aromatic N) is 4. The van der Waals surface area contributed by atoms with Gasteiger partial charge < -0.3 is 4.57 Å². The predicted molar refractivity (Wildman–Crippen MR) is 111 cm³/mol. The minimum atomic E-state index is -3.73. The van der Waals surface area contributed by atoms with Crippen molar-refractivity contribution in [2.45, 2.75) is 56.5 Å². The summed E-state index contributed by atoms with van der Waals surface area (Å²) in [5.41, 5.74) is 1.51. The van der Waals surface area contributed by atoms with Crippen molar-refractivity contribution in [3.05, 3.63) is 42.0 Å². The summed E-state index contributed by atoms with van der Waals surface area (Å²) in [6, 6.07) is 6.43. The maximum atomic E-state index is 14.0. The van der Waals surface area contributed by atoms with Crippen LogP contribution in [0.25, 0.3) is 22.4 Å². The maximum Gasteiger partial charge on any atom is 0.243 e. The molecule has 2 aromatic heterocycles. The third-order valence-corrected chi connectivity index (χ3v) is 6.92. The molecule has 0 unspecified atom stereocenters. The molecule has 0 saturated heterocycles. The second-order valence-electron chi connectivity index (χ2n) is 7.82. The first kappa shape index (κ1) is 20.4. The van der Waals surface area contributed by atoms with Crippen molar-refractivity contribution in [1.29, 1.82) is 5.26 Å². The largest absolute Gasteiger partial charge is 0.334 e. The first-order chi connectivity index (χ1) is 14.3. The van der Waals surface area contributed by atoms with E-state index in [0.29, 0.717) is 22.2 Å². The van der Waals surface area contributed by atoms with Crippen molar-refractivity contribution >= 4 is 20.9 Å². The Kier molecular flexibility index (Phi) is 5.30. The lowest BCUT2D eigenvalue weighted by Gasteiger charge is -2.17. The molecule has 1 aliphatic rings. The standard InChI is InChI=1S/C21H22FN5O2S/c1-13(2)26-30(28,29)16-11-24-21(25-12-16)20-18(10-23)17-8-7-14(22)9-19(17)27(20)15-5-3-4-6-15/h7-9,11-13,15,26H,3-6H2,1-2H3. The summed E-state index contributed by atoms with van der Waals surface area (Å²) in [5.74, 6) is -0.129. The lowest BCUT2D eigenvalue weighted by Crippen LogP contribution is -2.30. The smallest absolute Gasteiger partial charge is 0.243 e. The van der Waals surface area contributed by atoms with Crippen molar-refractivity contribution in [2.75, 3.05) is 0 Å². The summed E-state index contributed by atoms with van der Waals surface area (Å²) in [5, 5.41) is 10.5. The van der Waals surface area contributed by atoms with Gasteiger partial charge in [0, 0.05) is 17.5 Å². The SMILES string of the molecule is CC(C)NS(=O)(=O)c1cnc(-c2c(C#N)c3ccc(F)cc3n2C2CCCC2)nc1. The normalized spacial score (nSPS) is 15.2. The fourth-order valence-electron chi connectivity index (χ4n) is 4.11. The number of halogens is 1. The molecule has 0 spiro atoms. The number of rotatable bonds is 5. The van der Waals surface area contributed by atoms with Gasteiger partial charge in [0.25, 0.3) is 0 Å². The number of hydrogen-bond donors (Lipinski definition) is 1. The lowest BCUT2D eigenvalue weighted by molar-refractivity contribution is 0.537. The van der Waals surface area contributed by atoms with E-state index in [1.165, 1.54) is 24.5 Å². The van der Waals surface area contributed by atoms with E-state index in [9.17, 15) is 18.1 Å². The van der Waals surface area contributed by atoms with E-state index in [1.807, 2.05) is 4.57 Å². The summed E-state index contributed by atoms with van der Waals surface area (Å²) >= 11 is 0. The molecule has 156 valence electrons. The van der Waals surface area contributed by atoms with Gasteiger partial charge in [0.05, 0.1) is 23.5 Å². The number of aromatic nitrogens is 3. The minimum absolute atomic E-state index is 0.0481. The molecule has 0 bridgehead atoms. The first-order valence-electron chi connectivity index (χ1n) is 9.90. The molecule has 0 aliphatic heterocycles. The Labute approximate surface area is 174 Å². The highest BCUT2D eigenvalue weighted by molar-refractivity contribution is 7.89. The Morgan fingerprint density at radius 2 is 1.90 bits per heavy atom. The number of sulfonamides is 1. The van der Waals surface area contributed by atoms with Gasteiger partial charge in [-0.3, -0.25) is 0 Å². The summed E-state index contributed by atoms with van der Waals surface area (Å²) in [4.78, 5) is 8.52. The Bertz CT molecular complexity index is 1240. The fraction of sp³-hybridized carbons (Fsp3) is 0.381. The zero-order valence-electron chi connectivity index (χ0n) is 16.8. The van der Waals surface area contributed by atoms with Gasteiger partial charge in [-0.2, -0.15) is 5.26 Å². The minimum Gasteiger partial charge on any atom is -0.334 e. The highest BCUT2D eigenvalue weighted by Gasteiger charge is 2.28. The third-order valence-electron chi connectivity index (χ3n) is 5.31. The summed E-state index contributed by atoms with van der Waals surface area (Å²) in [6.07, 6.45) is 6.43. The van der Waals surface area contributed by atoms with Crippen LogP contribution in [-0.4, -0.2) is 29.0 Å². The number of fused-ring (bicyclic) bond motifs is 1. The van der Waals surface area contributed by atoms with Gasteiger partial charge in [-0.25, -0.2) is 27.5 Å². The van der Waals surface area contributed by atoms with Crippen LogP contribution >= 0.6 is 0 Å². The Balaban J connectivity index is 1.90. The predicted octanol–water partition coefficient (Wildman–Crippen LogP) is 3.91. The maximum absolute atomic E-state index is 14.0. The molecule has 0 amide bonds. The van der Waals surface area contributed by atoms with Crippen LogP contribution in [0.15, 0.2) is 35.5 Å². The van der Waals surface area contributed by atoms with E-state index >= 15 is 0 Å². The van der Waals surface area contributed by atoms with Gasteiger partial charge in [0.15, 0.2) is 5.82 Å². The second-order valence-corrected chi connectivity index (χ2v) is 9.54. The quantitative estimate of drug-likeness (QED) is 0.665. The molecule has 9 heteroatoms. The molecule has 0 radical (unpaired) electrons. The van der Waals surface area contributed by atoms with Crippen LogP contribution in [0.3, 0.4) is 0 Å². The molecule has 4 rings (SSSR count). The van der Waals surface area contributed by atoms with Crippen molar-refractivity contribution in [1.82, 2.24) is 19.3 Å². The Hall–Kier alpha value is -2.83. The van der Waals surface area contributed by atoms with Crippen LogP contribution in [-0.2, 0) is 10.0 Å². The third kappa shape index (κ3) is 3.57. The topological polar surface area (TPSA) is 101 Å². The van der Waals surface area contributed by atoms with E-state index in [2.05, 4.69) is 20.8 Å². The molecular formula is C21H22FN5O2S.